The third kappa shape index (κ3) is 7.29. The van der Waals surface area contributed by atoms with E-state index in [0.29, 0.717) is 37.4 Å². The zero-order chi connectivity index (χ0) is 24.9. The number of ether oxygens (including phenoxy) is 1. The molecule has 1 saturated heterocycles. The van der Waals surface area contributed by atoms with Crippen molar-refractivity contribution in [3.8, 4) is 0 Å². The molecule has 0 aliphatic carbocycles. The second-order valence-electron chi connectivity index (χ2n) is 10.4. The average Bonchev–Trinajstić information content (AvgIpc) is 3.25. The molecule has 0 radical (unpaired) electrons. The maximum Gasteiger partial charge on any atom is 0.254 e. The lowest BCUT2D eigenvalue weighted by molar-refractivity contribution is -0.117. The van der Waals surface area contributed by atoms with Gasteiger partial charge in [-0.25, -0.2) is 4.39 Å². The summed E-state index contributed by atoms with van der Waals surface area (Å²) in [7, 11) is 3.89. The van der Waals surface area contributed by atoms with Crippen LogP contribution >= 0.6 is 0 Å². The Hall–Kier alpha value is -2.93. The Labute approximate surface area is 202 Å². The van der Waals surface area contributed by atoms with Gasteiger partial charge in [-0.05, 0) is 66.3 Å². The SMILES string of the molecule is CN(C)c1ccc(NC(=O)CC(C)(C)C)cc1CN(C[C@@H]1CCCO1)C(=O)c1ccc(F)cc1. The first-order chi connectivity index (χ1) is 16.0. The van der Waals surface area contributed by atoms with Crippen LogP contribution in [0.15, 0.2) is 42.5 Å². The monoisotopic (exact) mass is 469 g/mol. The van der Waals surface area contributed by atoms with E-state index in [1.807, 2.05) is 58.0 Å². The summed E-state index contributed by atoms with van der Waals surface area (Å²) in [5.41, 5.74) is 2.88. The summed E-state index contributed by atoms with van der Waals surface area (Å²) in [5, 5.41) is 2.99. The largest absolute Gasteiger partial charge is 0.377 e. The van der Waals surface area contributed by atoms with Crippen LogP contribution in [-0.2, 0) is 16.1 Å². The maximum absolute atomic E-state index is 13.4. The van der Waals surface area contributed by atoms with Crippen LogP contribution in [0.4, 0.5) is 15.8 Å². The molecule has 2 aromatic rings. The molecule has 1 aliphatic heterocycles. The minimum absolute atomic E-state index is 0.0260. The predicted octanol–water partition coefficient (Wildman–Crippen LogP) is 5.09. The molecule has 34 heavy (non-hydrogen) atoms. The van der Waals surface area contributed by atoms with Gasteiger partial charge in [0.2, 0.25) is 5.91 Å². The molecule has 184 valence electrons. The molecule has 0 bridgehead atoms. The molecular formula is C27H36FN3O3. The predicted molar refractivity (Wildman–Crippen MR) is 134 cm³/mol. The van der Waals surface area contributed by atoms with Gasteiger partial charge in [0.15, 0.2) is 0 Å². The van der Waals surface area contributed by atoms with Crippen LogP contribution < -0.4 is 10.2 Å². The maximum atomic E-state index is 13.4. The molecule has 1 aliphatic rings. The van der Waals surface area contributed by atoms with E-state index in [0.717, 1.165) is 24.1 Å². The summed E-state index contributed by atoms with van der Waals surface area (Å²) in [5.74, 6) is -0.604. The fraction of sp³-hybridized carbons (Fsp3) is 0.481. The number of nitrogens with one attached hydrogen (secondary N) is 1. The zero-order valence-corrected chi connectivity index (χ0v) is 20.9. The molecular weight excluding hydrogens is 433 g/mol. The lowest BCUT2D eigenvalue weighted by Gasteiger charge is -2.28. The van der Waals surface area contributed by atoms with Crippen molar-refractivity contribution in [3.05, 3.63) is 59.4 Å². The van der Waals surface area contributed by atoms with Crippen molar-refractivity contribution in [2.24, 2.45) is 5.41 Å². The molecule has 1 fully saturated rings. The Kier molecular flexibility index (Phi) is 8.31. The number of hydrogen-bond donors (Lipinski definition) is 1. The first kappa shape index (κ1) is 25.7. The first-order valence-corrected chi connectivity index (χ1v) is 11.8. The van der Waals surface area contributed by atoms with Gasteiger partial charge < -0.3 is 19.9 Å². The number of carbonyl (C=O) groups is 2. The minimum atomic E-state index is -0.379. The van der Waals surface area contributed by atoms with Crippen molar-refractivity contribution in [1.29, 1.82) is 0 Å². The number of hydrogen-bond acceptors (Lipinski definition) is 4. The van der Waals surface area contributed by atoms with Crippen molar-refractivity contribution in [1.82, 2.24) is 4.90 Å². The molecule has 2 amide bonds. The van der Waals surface area contributed by atoms with Crippen LogP contribution in [0.2, 0.25) is 0 Å². The van der Waals surface area contributed by atoms with Crippen LogP contribution in [0, 0.1) is 11.2 Å². The summed E-state index contributed by atoms with van der Waals surface area (Å²) in [6, 6.07) is 11.4. The summed E-state index contributed by atoms with van der Waals surface area (Å²) < 4.78 is 19.2. The van der Waals surface area contributed by atoms with E-state index >= 15 is 0 Å². The van der Waals surface area contributed by atoms with Gasteiger partial charge in [-0.2, -0.15) is 0 Å². The Balaban J connectivity index is 1.88. The van der Waals surface area contributed by atoms with E-state index in [1.165, 1.54) is 24.3 Å². The molecule has 3 rings (SSSR count). The number of benzene rings is 2. The lowest BCUT2D eigenvalue weighted by atomic mass is 9.92. The highest BCUT2D eigenvalue weighted by atomic mass is 19.1. The van der Waals surface area contributed by atoms with Gasteiger partial charge in [0.05, 0.1) is 6.10 Å². The second-order valence-corrected chi connectivity index (χ2v) is 10.4. The van der Waals surface area contributed by atoms with E-state index in [1.54, 1.807) is 4.90 Å². The van der Waals surface area contributed by atoms with E-state index in [4.69, 9.17) is 4.74 Å². The molecule has 0 saturated carbocycles. The zero-order valence-electron chi connectivity index (χ0n) is 20.9. The topological polar surface area (TPSA) is 61.9 Å². The Morgan fingerprint density at radius 1 is 1.12 bits per heavy atom. The molecule has 1 N–H and O–H groups in total. The van der Waals surface area contributed by atoms with Crippen molar-refractivity contribution in [2.75, 3.05) is 37.5 Å². The number of rotatable bonds is 8. The van der Waals surface area contributed by atoms with E-state index < -0.39 is 0 Å². The normalized spacial score (nSPS) is 15.8. The van der Waals surface area contributed by atoms with Gasteiger partial charge in [-0.1, -0.05) is 20.8 Å². The van der Waals surface area contributed by atoms with Crippen molar-refractivity contribution < 1.29 is 18.7 Å². The van der Waals surface area contributed by atoms with Crippen LogP contribution in [0.5, 0.6) is 0 Å². The minimum Gasteiger partial charge on any atom is -0.377 e. The molecule has 0 unspecified atom stereocenters. The number of anilines is 2. The van der Waals surface area contributed by atoms with Gasteiger partial charge in [-0.3, -0.25) is 9.59 Å². The number of nitrogens with zero attached hydrogens (tertiary/aromatic N) is 2. The molecule has 7 heteroatoms. The Morgan fingerprint density at radius 3 is 2.41 bits per heavy atom. The van der Waals surface area contributed by atoms with Crippen LogP contribution in [-0.4, -0.2) is 50.1 Å². The van der Waals surface area contributed by atoms with Gasteiger partial charge >= 0.3 is 0 Å². The summed E-state index contributed by atoms with van der Waals surface area (Å²) in [6.45, 7) is 7.56. The second kappa shape index (κ2) is 11.0. The van der Waals surface area contributed by atoms with E-state index in [9.17, 15) is 14.0 Å². The Bertz CT molecular complexity index is 993. The third-order valence-corrected chi connectivity index (χ3v) is 5.72. The van der Waals surface area contributed by atoms with Gasteiger partial charge in [0.1, 0.15) is 5.82 Å². The first-order valence-electron chi connectivity index (χ1n) is 11.8. The Morgan fingerprint density at radius 2 is 1.82 bits per heavy atom. The van der Waals surface area contributed by atoms with Crippen molar-refractivity contribution >= 4 is 23.2 Å². The molecule has 0 spiro atoms. The van der Waals surface area contributed by atoms with Gasteiger partial charge in [0, 0.05) is 57.2 Å². The summed E-state index contributed by atoms with van der Waals surface area (Å²) in [6.07, 6.45) is 2.26. The number of halogens is 1. The van der Waals surface area contributed by atoms with Crippen LogP contribution in [0.25, 0.3) is 0 Å². The van der Waals surface area contributed by atoms with E-state index in [2.05, 4.69) is 5.32 Å². The van der Waals surface area contributed by atoms with E-state index in [-0.39, 0.29) is 29.2 Å². The van der Waals surface area contributed by atoms with Crippen molar-refractivity contribution in [3.63, 3.8) is 0 Å². The molecule has 1 heterocycles. The summed E-state index contributed by atoms with van der Waals surface area (Å²) >= 11 is 0. The van der Waals surface area contributed by atoms with Crippen LogP contribution in [0.3, 0.4) is 0 Å². The van der Waals surface area contributed by atoms with Gasteiger partial charge in [0.25, 0.3) is 5.91 Å². The average molecular weight is 470 g/mol. The number of carbonyl (C=O) groups excluding carboxylic acids is 2. The highest BCUT2D eigenvalue weighted by Gasteiger charge is 2.25. The molecule has 1 atom stereocenters. The summed E-state index contributed by atoms with van der Waals surface area (Å²) in [4.78, 5) is 29.7. The molecule has 0 aromatic heterocycles. The molecule has 6 nitrogen and oxygen atoms in total. The third-order valence-electron chi connectivity index (χ3n) is 5.72. The lowest BCUT2D eigenvalue weighted by Crippen LogP contribution is -2.37. The van der Waals surface area contributed by atoms with Crippen molar-refractivity contribution in [2.45, 2.75) is 52.7 Å². The van der Waals surface area contributed by atoms with Crippen LogP contribution in [0.1, 0.15) is 56.0 Å². The number of amides is 2. The van der Waals surface area contributed by atoms with Gasteiger partial charge in [-0.15, -0.1) is 0 Å². The highest BCUT2D eigenvalue weighted by Crippen LogP contribution is 2.27. The quantitative estimate of drug-likeness (QED) is 0.585. The molecule has 2 aromatic carbocycles. The smallest absolute Gasteiger partial charge is 0.254 e. The standard InChI is InChI=1S/C27H36FN3O3/c1-27(2,3)16-25(32)29-22-12-13-24(30(4)5)20(15-22)17-31(18-23-7-6-14-34-23)26(33)19-8-10-21(28)11-9-19/h8-13,15,23H,6-7,14,16-18H2,1-5H3,(H,29,32)/t23-/m0/s1. The fourth-order valence-electron chi connectivity index (χ4n) is 4.15. The highest BCUT2D eigenvalue weighted by molar-refractivity contribution is 5.94. The fourth-order valence-corrected chi connectivity index (χ4v) is 4.15.